The topological polar surface area (TPSA) is 60.8 Å². The van der Waals surface area contributed by atoms with E-state index in [2.05, 4.69) is 13.2 Å². The lowest BCUT2D eigenvalue weighted by molar-refractivity contribution is -0.143. The Morgan fingerprint density at radius 3 is 2.62 bits per heavy atom. The summed E-state index contributed by atoms with van der Waals surface area (Å²) < 4.78 is 0. The van der Waals surface area contributed by atoms with Crippen molar-refractivity contribution in [2.45, 2.75) is 19.1 Å². The molecule has 0 aromatic heterocycles. The number of hydrogen-bond acceptors (Lipinski definition) is 3. The SMILES string of the molecule is C=C/C=C1/CN(C(=O)C(O)C(C)O)CC1=C. The molecule has 88 valence electrons. The summed E-state index contributed by atoms with van der Waals surface area (Å²) in [5.41, 5.74) is 1.77. The van der Waals surface area contributed by atoms with Gasteiger partial charge in [-0.25, -0.2) is 0 Å². The summed E-state index contributed by atoms with van der Waals surface area (Å²) in [5, 5.41) is 18.6. The molecule has 0 spiro atoms. The van der Waals surface area contributed by atoms with Gasteiger partial charge in [0.05, 0.1) is 6.10 Å². The van der Waals surface area contributed by atoms with Gasteiger partial charge in [-0.1, -0.05) is 25.3 Å². The van der Waals surface area contributed by atoms with E-state index in [1.807, 2.05) is 0 Å². The van der Waals surface area contributed by atoms with Crippen LogP contribution >= 0.6 is 0 Å². The van der Waals surface area contributed by atoms with E-state index in [-0.39, 0.29) is 0 Å². The van der Waals surface area contributed by atoms with Gasteiger partial charge in [0.2, 0.25) is 0 Å². The van der Waals surface area contributed by atoms with Crippen molar-refractivity contribution in [3.05, 3.63) is 36.5 Å². The van der Waals surface area contributed by atoms with Crippen LogP contribution in [-0.2, 0) is 4.79 Å². The molecule has 2 unspecified atom stereocenters. The fourth-order valence-electron chi connectivity index (χ4n) is 1.57. The second kappa shape index (κ2) is 5.09. The molecule has 2 N–H and O–H groups in total. The molecule has 0 aromatic rings. The smallest absolute Gasteiger partial charge is 0.254 e. The molecule has 4 nitrogen and oxygen atoms in total. The largest absolute Gasteiger partial charge is 0.390 e. The Kier molecular flexibility index (Phi) is 4.04. The van der Waals surface area contributed by atoms with Crippen molar-refractivity contribution in [2.24, 2.45) is 0 Å². The fraction of sp³-hybridized carbons (Fsp3) is 0.417. The number of carbonyl (C=O) groups excluding carboxylic acids is 1. The minimum atomic E-state index is -1.36. The van der Waals surface area contributed by atoms with Crippen LogP contribution in [0.3, 0.4) is 0 Å². The van der Waals surface area contributed by atoms with E-state index in [9.17, 15) is 9.90 Å². The molecule has 4 heteroatoms. The summed E-state index contributed by atoms with van der Waals surface area (Å²) in [5.74, 6) is -0.469. The van der Waals surface area contributed by atoms with Gasteiger partial charge in [-0.2, -0.15) is 0 Å². The van der Waals surface area contributed by atoms with Crippen molar-refractivity contribution in [3.63, 3.8) is 0 Å². The van der Waals surface area contributed by atoms with Crippen molar-refractivity contribution in [2.75, 3.05) is 13.1 Å². The Hall–Kier alpha value is -1.39. The maximum absolute atomic E-state index is 11.7. The molecule has 1 fully saturated rings. The Morgan fingerprint density at radius 2 is 2.12 bits per heavy atom. The molecule has 1 heterocycles. The molecule has 0 aromatic carbocycles. The molecule has 0 radical (unpaired) electrons. The van der Waals surface area contributed by atoms with Gasteiger partial charge in [0.25, 0.3) is 5.91 Å². The number of amides is 1. The number of carbonyl (C=O) groups is 1. The van der Waals surface area contributed by atoms with Gasteiger partial charge in [-0.15, -0.1) is 0 Å². The zero-order chi connectivity index (χ0) is 12.3. The van der Waals surface area contributed by atoms with Gasteiger partial charge in [-0.3, -0.25) is 4.79 Å². The first kappa shape index (κ1) is 12.7. The number of allylic oxidation sites excluding steroid dienone is 2. The van der Waals surface area contributed by atoms with E-state index in [1.165, 1.54) is 11.8 Å². The number of hydrogen-bond donors (Lipinski definition) is 2. The average molecular weight is 223 g/mol. The van der Waals surface area contributed by atoms with Gasteiger partial charge in [0.15, 0.2) is 6.10 Å². The van der Waals surface area contributed by atoms with Crippen molar-refractivity contribution in [3.8, 4) is 0 Å². The normalized spacial score (nSPS) is 22.3. The van der Waals surface area contributed by atoms with Gasteiger partial charge in [-0.05, 0) is 18.1 Å². The van der Waals surface area contributed by atoms with Crippen LogP contribution < -0.4 is 0 Å². The number of aliphatic hydroxyl groups excluding tert-OH is 2. The van der Waals surface area contributed by atoms with Crippen molar-refractivity contribution >= 4 is 5.91 Å². The Balaban J connectivity index is 2.72. The first-order chi connectivity index (χ1) is 7.47. The van der Waals surface area contributed by atoms with E-state index >= 15 is 0 Å². The summed E-state index contributed by atoms with van der Waals surface area (Å²) in [4.78, 5) is 13.2. The van der Waals surface area contributed by atoms with E-state index in [1.54, 1.807) is 12.2 Å². The molecular weight excluding hydrogens is 206 g/mol. The zero-order valence-corrected chi connectivity index (χ0v) is 9.39. The predicted octanol–water partition coefficient (Wildman–Crippen LogP) is 0.239. The van der Waals surface area contributed by atoms with Crippen LogP contribution in [0.15, 0.2) is 36.5 Å². The van der Waals surface area contributed by atoms with E-state index < -0.39 is 18.1 Å². The molecule has 1 aliphatic rings. The van der Waals surface area contributed by atoms with E-state index in [0.717, 1.165) is 11.1 Å². The third-order valence-electron chi connectivity index (χ3n) is 2.54. The highest BCUT2D eigenvalue weighted by molar-refractivity contribution is 5.82. The minimum Gasteiger partial charge on any atom is -0.390 e. The molecule has 0 saturated carbocycles. The van der Waals surface area contributed by atoms with Crippen molar-refractivity contribution in [1.82, 2.24) is 4.90 Å². The van der Waals surface area contributed by atoms with Gasteiger partial charge in [0, 0.05) is 13.1 Å². The fourth-order valence-corrected chi connectivity index (χ4v) is 1.57. The minimum absolute atomic E-state index is 0.391. The monoisotopic (exact) mass is 223 g/mol. The van der Waals surface area contributed by atoms with Gasteiger partial charge >= 0.3 is 0 Å². The summed E-state index contributed by atoms with van der Waals surface area (Å²) in [6.45, 7) is 9.60. The molecule has 0 bridgehead atoms. The lowest BCUT2D eigenvalue weighted by Gasteiger charge is -2.20. The third-order valence-corrected chi connectivity index (χ3v) is 2.54. The Labute approximate surface area is 95.2 Å². The highest BCUT2D eigenvalue weighted by Gasteiger charge is 2.30. The van der Waals surface area contributed by atoms with Crippen molar-refractivity contribution < 1.29 is 15.0 Å². The zero-order valence-electron chi connectivity index (χ0n) is 9.39. The molecule has 2 atom stereocenters. The van der Waals surface area contributed by atoms with Crippen LogP contribution in [0.4, 0.5) is 0 Å². The van der Waals surface area contributed by atoms with E-state index in [0.29, 0.717) is 13.1 Å². The van der Waals surface area contributed by atoms with Crippen LogP contribution in [0.2, 0.25) is 0 Å². The lowest BCUT2D eigenvalue weighted by atomic mass is 10.1. The Bertz CT molecular complexity index is 344. The lowest BCUT2D eigenvalue weighted by Crippen LogP contribution is -2.42. The summed E-state index contributed by atoms with van der Waals surface area (Å²) >= 11 is 0. The highest BCUT2D eigenvalue weighted by Crippen LogP contribution is 2.21. The number of nitrogens with zero attached hydrogens (tertiary/aromatic N) is 1. The molecule has 1 amide bonds. The van der Waals surface area contributed by atoms with Crippen LogP contribution in [0.25, 0.3) is 0 Å². The van der Waals surface area contributed by atoms with Gasteiger partial charge in [0.1, 0.15) is 0 Å². The molecular formula is C12H17NO3. The molecule has 1 rings (SSSR count). The van der Waals surface area contributed by atoms with Crippen LogP contribution in [-0.4, -0.2) is 46.3 Å². The molecule has 16 heavy (non-hydrogen) atoms. The standard InChI is InChI=1S/C12H17NO3/c1-4-5-10-7-13(6-8(10)2)12(16)11(15)9(3)14/h4-5,9,11,14-15H,1-2,6-7H2,3H3/b10-5-. The average Bonchev–Trinajstić information content (AvgIpc) is 2.59. The number of rotatable bonds is 3. The summed E-state index contributed by atoms with van der Waals surface area (Å²) in [7, 11) is 0. The number of likely N-dealkylation sites (tertiary alicyclic amines) is 1. The molecule has 0 aliphatic carbocycles. The first-order valence-corrected chi connectivity index (χ1v) is 5.12. The van der Waals surface area contributed by atoms with Gasteiger partial charge < -0.3 is 15.1 Å². The summed E-state index contributed by atoms with van der Waals surface area (Å²) in [6.07, 6.45) is 1.01. The number of aliphatic hydroxyl groups is 2. The van der Waals surface area contributed by atoms with Crippen LogP contribution in [0.5, 0.6) is 0 Å². The Morgan fingerprint density at radius 1 is 1.50 bits per heavy atom. The van der Waals surface area contributed by atoms with E-state index in [4.69, 9.17) is 5.11 Å². The molecule has 1 aliphatic heterocycles. The third kappa shape index (κ3) is 2.59. The second-order valence-electron chi connectivity index (χ2n) is 3.91. The molecule has 1 saturated heterocycles. The summed E-state index contributed by atoms with van der Waals surface area (Å²) in [6, 6.07) is 0. The predicted molar refractivity (Wildman–Crippen MR) is 61.7 cm³/mol. The van der Waals surface area contributed by atoms with Crippen LogP contribution in [0, 0.1) is 0 Å². The van der Waals surface area contributed by atoms with Crippen LogP contribution in [0.1, 0.15) is 6.92 Å². The quantitative estimate of drug-likeness (QED) is 0.720. The second-order valence-corrected chi connectivity index (χ2v) is 3.91. The maximum atomic E-state index is 11.7. The highest BCUT2D eigenvalue weighted by atomic mass is 16.3. The maximum Gasteiger partial charge on any atom is 0.254 e. The van der Waals surface area contributed by atoms with Crippen molar-refractivity contribution in [1.29, 1.82) is 0 Å². The first-order valence-electron chi connectivity index (χ1n) is 5.12.